The van der Waals surface area contributed by atoms with E-state index in [0.29, 0.717) is 30.2 Å². The number of anilines is 2. The lowest BCUT2D eigenvalue weighted by Crippen LogP contribution is -2.68. The van der Waals surface area contributed by atoms with E-state index >= 15 is 0 Å². The minimum atomic E-state index is 0.541. The lowest BCUT2D eigenvalue weighted by atomic mass is 9.87. The van der Waals surface area contributed by atoms with Crippen LogP contribution in [0.25, 0.3) is 16.6 Å². The van der Waals surface area contributed by atoms with Gasteiger partial charge in [-0.1, -0.05) is 6.07 Å². The number of aliphatic imine (C=N–C) groups is 1. The van der Waals surface area contributed by atoms with Gasteiger partial charge in [0.15, 0.2) is 0 Å². The van der Waals surface area contributed by atoms with Crippen molar-refractivity contribution in [1.29, 1.82) is 0 Å². The van der Waals surface area contributed by atoms with E-state index in [1.165, 1.54) is 12.0 Å². The Morgan fingerprint density at radius 2 is 1.97 bits per heavy atom. The zero-order valence-electron chi connectivity index (χ0n) is 19.5. The molecule has 3 saturated heterocycles. The van der Waals surface area contributed by atoms with Crippen molar-refractivity contribution < 1.29 is 4.74 Å². The second-order valence-electron chi connectivity index (χ2n) is 9.54. The molecule has 8 heterocycles. The van der Waals surface area contributed by atoms with Crippen LogP contribution >= 0.6 is 0 Å². The minimum absolute atomic E-state index is 0.541. The van der Waals surface area contributed by atoms with Crippen LogP contribution in [0.5, 0.6) is 5.88 Å². The van der Waals surface area contributed by atoms with Gasteiger partial charge in [0.05, 0.1) is 36.7 Å². The summed E-state index contributed by atoms with van der Waals surface area (Å²) in [6, 6.07) is 11.4. The number of piperidine rings is 1. The molecule has 4 aliphatic rings. The monoisotopic (exact) mass is 466 g/mol. The molecule has 0 spiro atoms. The summed E-state index contributed by atoms with van der Waals surface area (Å²) in [5.41, 5.74) is 13.3. The van der Waals surface area contributed by atoms with Gasteiger partial charge >= 0.3 is 0 Å². The second kappa shape index (κ2) is 7.78. The molecule has 0 saturated carbocycles. The molecule has 2 bridgehead atoms. The van der Waals surface area contributed by atoms with Crippen LogP contribution in [-0.2, 0) is 13.1 Å². The highest BCUT2D eigenvalue weighted by molar-refractivity contribution is 5.99. The lowest BCUT2D eigenvalue weighted by molar-refractivity contribution is -0.00876. The summed E-state index contributed by atoms with van der Waals surface area (Å²) < 4.78 is 7.05. The van der Waals surface area contributed by atoms with Gasteiger partial charge in [-0.2, -0.15) is 5.10 Å². The maximum Gasteiger partial charge on any atom is 0.212 e. The van der Waals surface area contributed by atoms with Crippen LogP contribution in [0, 0.1) is 0 Å². The van der Waals surface area contributed by atoms with Gasteiger partial charge in [-0.3, -0.25) is 9.89 Å². The Hall–Kier alpha value is -3.98. The van der Waals surface area contributed by atoms with Crippen molar-refractivity contribution >= 4 is 23.2 Å². The highest BCUT2D eigenvalue weighted by Gasteiger charge is 2.44. The number of nitrogens with two attached hydrogens (primary N) is 1. The maximum absolute atomic E-state index is 6.19. The molecular weight excluding hydrogens is 440 g/mol. The molecule has 2 atom stereocenters. The van der Waals surface area contributed by atoms with Crippen molar-refractivity contribution in [2.45, 2.75) is 31.6 Å². The summed E-state index contributed by atoms with van der Waals surface area (Å²) >= 11 is 0. The van der Waals surface area contributed by atoms with Crippen molar-refractivity contribution in [3.05, 3.63) is 65.7 Å². The molecule has 9 heteroatoms. The van der Waals surface area contributed by atoms with Crippen LogP contribution in [0.2, 0.25) is 0 Å². The van der Waals surface area contributed by atoms with E-state index in [9.17, 15) is 0 Å². The van der Waals surface area contributed by atoms with Gasteiger partial charge in [0.2, 0.25) is 5.88 Å². The first kappa shape index (κ1) is 20.4. The highest BCUT2D eigenvalue weighted by Crippen LogP contribution is 2.36. The fourth-order valence-corrected chi connectivity index (χ4v) is 5.67. The molecule has 4 aromatic rings. The number of hydrogen-bond donors (Lipinski definition) is 1. The van der Waals surface area contributed by atoms with Gasteiger partial charge in [-0.05, 0) is 30.2 Å². The number of rotatable bonds is 5. The lowest BCUT2D eigenvalue weighted by Gasteiger charge is -2.56. The van der Waals surface area contributed by atoms with Crippen LogP contribution < -0.4 is 15.4 Å². The summed E-state index contributed by atoms with van der Waals surface area (Å²) in [5.74, 6) is 1.68. The third-order valence-corrected chi connectivity index (χ3v) is 7.42. The van der Waals surface area contributed by atoms with Crippen LogP contribution in [0.4, 0.5) is 11.5 Å². The first-order chi connectivity index (χ1) is 17.2. The fraction of sp³-hybridized carbons (Fsp3) is 0.308. The Bertz CT molecular complexity index is 1430. The summed E-state index contributed by atoms with van der Waals surface area (Å²) in [5, 5.41) is 4.66. The summed E-state index contributed by atoms with van der Waals surface area (Å²) in [4.78, 5) is 18.6. The molecule has 35 heavy (non-hydrogen) atoms. The third kappa shape index (κ3) is 3.34. The summed E-state index contributed by atoms with van der Waals surface area (Å²) in [6.45, 7) is 3.52. The van der Waals surface area contributed by atoms with Crippen LogP contribution in [0.1, 0.15) is 23.2 Å². The van der Waals surface area contributed by atoms with Crippen LogP contribution in [0.15, 0.2) is 53.9 Å². The van der Waals surface area contributed by atoms with E-state index < -0.39 is 0 Å². The molecule has 0 aliphatic carbocycles. The maximum atomic E-state index is 6.19. The molecule has 2 unspecified atom stereocenters. The van der Waals surface area contributed by atoms with E-state index in [2.05, 4.69) is 43.1 Å². The number of fused-ring (bicyclic) bond motifs is 5. The van der Waals surface area contributed by atoms with E-state index in [1.54, 1.807) is 7.11 Å². The second-order valence-corrected chi connectivity index (χ2v) is 9.54. The van der Waals surface area contributed by atoms with E-state index in [0.717, 1.165) is 53.4 Å². The van der Waals surface area contributed by atoms with Crippen molar-refractivity contribution in [3.8, 4) is 17.0 Å². The topological polar surface area (TPSA) is 97.2 Å². The molecule has 8 rings (SSSR count). The molecule has 0 aromatic carbocycles. The number of ether oxygens (including phenoxy) is 1. The van der Waals surface area contributed by atoms with Gasteiger partial charge < -0.3 is 15.4 Å². The average molecular weight is 467 g/mol. The van der Waals surface area contributed by atoms with Gasteiger partial charge in [-0.25, -0.2) is 14.5 Å². The van der Waals surface area contributed by atoms with Gasteiger partial charge in [0.1, 0.15) is 5.82 Å². The van der Waals surface area contributed by atoms with Gasteiger partial charge in [-0.15, -0.1) is 0 Å². The van der Waals surface area contributed by atoms with Crippen LogP contribution in [0.3, 0.4) is 0 Å². The Morgan fingerprint density at radius 1 is 1.09 bits per heavy atom. The number of nitrogen functional groups attached to an aromatic ring is 1. The van der Waals surface area contributed by atoms with Crippen molar-refractivity contribution in [1.82, 2.24) is 24.5 Å². The quantitative estimate of drug-likeness (QED) is 0.483. The number of nitrogens with zero attached hydrogens (tertiary/aromatic N) is 7. The zero-order chi connectivity index (χ0) is 23.5. The molecule has 0 amide bonds. The largest absolute Gasteiger partial charge is 0.481 e. The number of aromatic nitrogens is 4. The predicted octanol–water partition coefficient (Wildman–Crippen LogP) is 2.78. The fourth-order valence-electron chi connectivity index (χ4n) is 5.67. The standard InChI is InChI=1S/C26H26N8O/c1-35-25-5-2-16(8-30-25)12-33-19-7-20(33)15-32(14-19)24-4-3-17(9-29-24)21-6-18(27)13-34-26(21)22-10-28-11-23(22)31-34/h2-6,8-10,13,19-20H,7,11-12,14-15,27H2,1H3. The normalized spacial score (nSPS) is 20.8. The molecule has 176 valence electrons. The Balaban J connectivity index is 1.09. The molecule has 3 fully saturated rings. The molecule has 2 N–H and O–H groups in total. The summed E-state index contributed by atoms with van der Waals surface area (Å²) in [7, 11) is 1.64. The first-order valence-electron chi connectivity index (χ1n) is 11.9. The Morgan fingerprint density at radius 3 is 2.71 bits per heavy atom. The number of pyridine rings is 3. The van der Waals surface area contributed by atoms with Gasteiger partial charge in [0, 0.05) is 73.1 Å². The van der Waals surface area contributed by atoms with Gasteiger partial charge in [0.25, 0.3) is 0 Å². The van der Waals surface area contributed by atoms with Crippen molar-refractivity contribution in [3.63, 3.8) is 0 Å². The molecule has 4 aromatic heterocycles. The summed E-state index contributed by atoms with van der Waals surface area (Å²) in [6.07, 6.45) is 8.89. The first-order valence-corrected chi connectivity index (χ1v) is 11.9. The SMILES string of the molecule is COc1ccc(CN2C3CC2CN(c2ccc(-c4cc(N)cn5nc6c(c45)C=NC6)cn2)C3)cn1. The smallest absolute Gasteiger partial charge is 0.212 e. The predicted molar refractivity (Wildman–Crippen MR) is 135 cm³/mol. The van der Waals surface area contributed by atoms with Crippen molar-refractivity contribution in [2.24, 2.45) is 4.99 Å². The molecule has 9 nitrogen and oxygen atoms in total. The number of methoxy groups -OCH3 is 1. The molecule has 0 radical (unpaired) electrons. The Kier molecular flexibility index (Phi) is 4.53. The number of piperazine rings is 1. The van der Waals surface area contributed by atoms with E-state index in [4.69, 9.17) is 15.5 Å². The molecule has 4 aliphatic heterocycles. The third-order valence-electron chi connectivity index (χ3n) is 7.42. The van der Waals surface area contributed by atoms with E-state index in [1.807, 2.05) is 41.5 Å². The van der Waals surface area contributed by atoms with Crippen molar-refractivity contribution in [2.75, 3.05) is 30.8 Å². The Labute approximate surface area is 202 Å². The van der Waals surface area contributed by atoms with Crippen LogP contribution in [-0.4, -0.2) is 63.0 Å². The average Bonchev–Trinajstić information content (AvgIpc) is 3.48. The molecular formula is C26H26N8O. The highest BCUT2D eigenvalue weighted by atomic mass is 16.5. The minimum Gasteiger partial charge on any atom is -0.481 e. The number of hydrogen-bond acceptors (Lipinski definition) is 8. The zero-order valence-corrected chi connectivity index (χ0v) is 19.5. The van der Waals surface area contributed by atoms with E-state index in [-0.39, 0.29) is 0 Å².